The van der Waals surface area contributed by atoms with Crippen LogP contribution in [0.3, 0.4) is 0 Å². The van der Waals surface area contributed by atoms with Crippen molar-refractivity contribution in [2.75, 3.05) is 18.8 Å². The second-order valence-electron chi connectivity index (χ2n) is 6.18. The summed E-state index contributed by atoms with van der Waals surface area (Å²) in [6.45, 7) is 18.8. The highest BCUT2D eigenvalue weighted by atomic mass is 32.2. The summed E-state index contributed by atoms with van der Waals surface area (Å²) in [4.78, 5) is 11.4. The Labute approximate surface area is 120 Å². The topological polar surface area (TPSA) is 29.1 Å². The summed E-state index contributed by atoms with van der Waals surface area (Å²) < 4.78 is 0.153. The maximum atomic E-state index is 11.4. The van der Waals surface area contributed by atoms with Gasteiger partial charge in [-0.05, 0) is 26.3 Å². The first-order chi connectivity index (χ1) is 8.12. The van der Waals surface area contributed by atoms with Crippen LogP contribution in [-0.2, 0) is 4.79 Å². The summed E-state index contributed by atoms with van der Waals surface area (Å²) in [5.41, 5.74) is 0. The molecule has 0 aliphatic heterocycles. The van der Waals surface area contributed by atoms with Crippen LogP contribution in [0.5, 0.6) is 0 Å². The smallest absolute Gasteiger partial charge is 0.145 e. The first-order valence-electron chi connectivity index (χ1n) is 6.99. The number of rotatable bonds is 7. The van der Waals surface area contributed by atoms with Gasteiger partial charge >= 0.3 is 0 Å². The molecule has 18 heavy (non-hydrogen) atoms. The van der Waals surface area contributed by atoms with Crippen molar-refractivity contribution >= 4 is 17.5 Å². The molecular formula is C15H35NOS. The lowest BCUT2D eigenvalue weighted by atomic mass is 10.1. The number of nitrogens with one attached hydrogen (secondary N) is 1. The molecule has 0 atom stereocenters. The predicted molar refractivity (Wildman–Crippen MR) is 87.6 cm³/mol. The van der Waals surface area contributed by atoms with Crippen LogP contribution in [0.2, 0.25) is 0 Å². The molecule has 0 aromatic carbocycles. The van der Waals surface area contributed by atoms with Gasteiger partial charge in [0, 0.05) is 18.6 Å². The van der Waals surface area contributed by atoms with Gasteiger partial charge in [0.1, 0.15) is 5.78 Å². The molecular weight excluding hydrogens is 242 g/mol. The third-order valence-corrected chi connectivity index (χ3v) is 3.40. The van der Waals surface area contributed by atoms with Gasteiger partial charge in [-0.3, -0.25) is 4.79 Å². The fourth-order valence-electron chi connectivity index (χ4n) is 0.910. The van der Waals surface area contributed by atoms with E-state index in [9.17, 15) is 4.79 Å². The third kappa shape index (κ3) is 16.0. The van der Waals surface area contributed by atoms with Gasteiger partial charge in [-0.25, -0.2) is 0 Å². The molecule has 0 bridgehead atoms. The molecule has 0 saturated heterocycles. The average Bonchev–Trinajstić information content (AvgIpc) is 2.22. The molecule has 0 aromatic heterocycles. The summed E-state index contributed by atoms with van der Waals surface area (Å²) in [6, 6.07) is 0. The highest BCUT2D eigenvalue weighted by molar-refractivity contribution is 8.01. The normalized spacial score (nSPS) is 11.4. The van der Waals surface area contributed by atoms with Crippen LogP contribution < -0.4 is 5.32 Å². The van der Waals surface area contributed by atoms with Crippen molar-refractivity contribution in [2.45, 2.75) is 60.1 Å². The Morgan fingerprint density at radius 2 is 1.67 bits per heavy atom. The summed E-state index contributed by atoms with van der Waals surface area (Å²) in [7, 11) is 0. The number of carbonyl (C=O) groups is 1. The Morgan fingerprint density at radius 3 is 2.00 bits per heavy atom. The van der Waals surface area contributed by atoms with Crippen molar-refractivity contribution in [2.24, 2.45) is 11.8 Å². The fourth-order valence-corrected chi connectivity index (χ4v) is 1.98. The third-order valence-electron chi connectivity index (χ3n) is 2.05. The molecule has 0 unspecified atom stereocenters. The molecule has 0 aliphatic rings. The van der Waals surface area contributed by atoms with Crippen molar-refractivity contribution in [1.82, 2.24) is 5.32 Å². The Hall–Kier alpha value is -0.0200. The average molecular weight is 278 g/mol. The number of Topliss-reactive ketones (excluding diaryl/α,β-unsaturated/α-hetero) is 1. The monoisotopic (exact) mass is 277 g/mol. The Balaban J connectivity index is -0.000000448. The van der Waals surface area contributed by atoms with Crippen LogP contribution in [0.1, 0.15) is 56.8 Å². The number of carbonyl (C=O) groups excluding carboxylic acids is 1. The molecule has 0 rings (SSSR count). The second-order valence-corrected chi connectivity index (χ2v) is 7.86. The van der Waals surface area contributed by atoms with E-state index < -0.39 is 0 Å². The molecule has 0 aromatic rings. The van der Waals surface area contributed by atoms with E-state index >= 15 is 0 Å². The molecule has 0 amide bonds. The van der Waals surface area contributed by atoms with Gasteiger partial charge in [-0.1, -0.05) is 41.5 Å². The van der Waals surface area contributed by atoms with Gasteiger partial charge < -0.3 is 5.32 Å². The number of ketones is 1. The predicted octanol–water partition coefficient (Wildman–Crippen LogP) is 4.24. The summed E-state index contributed by atoms with van der Waals surface area (Å²) in [6.07, 6.45) is 0. The number of hydrogen-bond donors (Lipinski definition) is 1. The molecule has 0 radical (unpaired) electrons. The number of thioether (sulfide) groups is 1. The standard InChI is InChI=1S/C11H23NOS.C4H10.H2/c1-6-12-8-11(4,5)14-7-10(13)9(2)3;1-4(2)3;/h9,12H,6-8H2,1-5H3;4H,1-3H3;1H. The Bertz CT molecular complexity index is 215. The highest BCUT2D eigenvalue weighted by Gasteiger charge is 2.19. The van der Waals surface area contributed by atoms with E-state index in [-0.39, 0.29) is 12.1 Å². The van der Waals surface area contributed by atoms with Crippen molar-refractivity contribution in [3.05, 3.63) is 0 Å². The van der Waals surface area contributed by atoms with Crippen molar-refractivity contribution < 1.29 is 6.22 Å². The maximum absolute atomic E-state index is 11.4. The Kier molecular flexibility index (Phi) is 12.3. The zero-order chi connectivity index (χ0) is 14.8. The van der Waals surface area contributed by atoms with E-state index in [1.165, 1.54) is 0 Å². The second kappa shape index (κ2) is 10.9. The minimum Gasteiger partial charge on any atom is -0.316 e. The summed E-state index contributed by atoms with van der Waals surface area (Å²) in [5.74, 6) is 1.98. The largest absolute Gasteiger partial charge is 0.316 e. The quantitative estimate of drug-likeness (QED) is 0.754. The highest BCUT2D eigenvalue weighted by Crippen LogP contribution is 2.24. The molecule has 0 spiro atoms. The SMILES string of the molecule is CC(C)C.CCNCC(C)(C)SCC(=O)C(C)C.[HH]. The van der Waals surface area contributed by atoms with E-state index in [2.05, 4.69) is 46.9 Å². The van der Waals surface area contributed by atoms with Gasteiger partial charge in [0.25, 0.3) is 0 Å². The lowest BCUT2D eigenvalue weighted by molar-refractivity contribution is -0.119. The lowest BCUT2D eigenvalue weighted by Gasteiger charge is -2.24. The van der Waals surface area contributed by atoms with Crippen LogP contribution in [0.15, 0.2) is 0 Å². The lowest BCUT2D eigenvalue weighted by Crippen LogP contribution is -2.33. The van der Waals surface area contributed by atoms with E-state index in [0.29, 0.717) is 11.5 Å². The molecule has 0 saturated carbocycles. The van der Waals surface area contributed by atoms with Gasteiger partial charge in [-0.15, -0.1) is 11.8 Å². The van der Waals surface area contributed by atoms with Crippen LogP contribution in [0.25, 0.3) is 0 Å². The maximum Gasteiger partial charge on any atom is 0.145 e. The molecule has 0 heterocycles. The first-order valence-corrected chi connectivity index (χ1v) is 7.98. The van der Waals surface area contributed by atoms with Crippen molar-refractivity contribution in [1.29, 1.82) is 0 Å². The van der Waals surface area contributed by atoms with E-state index in [1.54, 1.807) is 11.8 Å². The molecule has 0 fully saturated rings. The first kappa shape index (κ1) is 20.3. The van der Waals surface area contributed by atoms with Crippen LogP contribution in [-0.4, -0.2) is 29.4 Å². The minimum atomic E-state index is 0. The molecule has 1 N–H and O–H groups in total. The van der Waals surface area contributed by atoms with E-state index in [4.69, 9.17) is 0 Å². The summed E-state index contributed by atoms with van der Waals surface area (Å²) >= 11 is 1.74. The molecule has 3 heteroatoms. The van der Waals surface area contributed by atoms with Gasteiger partial charge in [0.2, 0.25) is 0 Å². The van der Waals surface area contributed by atoms with Crippen molar-refractivity contribution in [3.8, 4) is 0 Å². The van der Waals surface area contributed by atoms with E-state index in [0.717, 1.165) is 19.0 Å². The van der Waals surface area contributed by atoms with Crippen molar-refractivity contribution in [3.63, 3.8) is 0 Å². The van der Waals surface area contributed by atoms with Gasteiger partial charge in [0.05, 0.1) is 5.75 Å². The van der Waals surface area contributed by atoms with Crippen LogP contribution >= 0.6 is 11.8 Å². The molecule has 2 nitrogen and oxygen atoms in total. The van der Waals surface area contributed by atoms with Gasteiger partial charge in [0.15, 0.2) is 0 Å². The van der Waals surface area contributed by atoms with Crippen LogP contribution in [0.4, 0.5) is 0 Å². The Morgan fingerprint density at radius 1 is 1.22 bits per heavy atom. The molecule has 0 aliphatic carbocycles. The summed E-state index contributed by atoms with van der Waals surface area (Å²) in [5, 5.41) is 3.31. The van der Waals surface area contributed by atoms with E-state index in [1.807, 2.05) is 13.8 Å². The number of hydrogen-bond acceptors (Lipinski definition) is 3. The van der Waals surface area contributed by atoms with Crippen LogP contribution in [0, 0.1) is 11.8 Å². The fraction of sp³-hybridized carbons (Fsp3) is 0.933. The molecule has 112 valence electrons. The minimum absolute atomic E-state index is 0. The van der Waals surface area contributed by atoms with Gasteiger partial charge in [-0.2, -0.15) is 0 Å². The zero-order valence-corrected chi connectivity index (χ0v) is 14.4. The zero-order valence-electron chi connectivity index (χ0n) is 13.6.